The van der Waals surface area contributed by atoms with Crippen LogP contribution in [0.15, 0.2) is 66.7 Å². The van der Waals surface area contributed by atoms with Gasteiger partial charge < -0.3 is 10.6 Å². The number of carbonyl (C=O) groups is 1. The molecule has 0 aliphatic rings. The Labute approximate surface area is 134 Å². The summed E-state index contributed by atoms with van der Waals surface area (Å²) in [5, 5.41) is 14.0. The van der Waals surface area contributed by atoms with Crippen molar-refractivity contribution in [1.82, 2.24) is 10.2 Å². The van der Waals surface area contributed by atoms with Crippen molar-refractivity contribution in [3.05, 3.63) is 77.9 Å². The van der Waals surface area contributed by atoms with Crippen molar-refractivity contribution in [3.63, 3.8) is 0 Å². The van der Waals surface area contributed by atoms with Crippen LogP contribution in [-0.4, -0.2) is 16.1 Å². The number of aromatic nitrogens is 2. The van der Waals surface area contributed by atoms with Crippen LogP contribution in [0.2, 0.25) is 0 Å². The number of carbonyl (C=O) groups excluding carboxylic acids is 1. The molecule has 0 saturated carbocycles. The van der Waals surface area contributed by atoms with Crippen molar-refractivity contribution in [3.8, 4) is 0 Å². The average Bonchev–Trinajstić information content (AvgIpc) is 2.57. The smallest absolute Gasteiger partial charge is 0.256 e. The quantitative estimate of drug-likeness (QED) is 0.769. The number of anilines is 3. The number of hydrogen-bond acceptors (Lipinski definition) is 4. The van der Waals surface area contributed by atoms with Crippen molar-refractivity contribution in [2.24, 2.45) is 0 Å². The third kappa shape index (κ3) is 3.91. The van der Waals surface area contributed by atoms with Crippen LogP contribution >= 0.6 is 0 Å². The SMILES string of the molecule is Cc1cccc(C(=O)Nc2ccc(Nc3ccccc3)nn2)c1. The molecule has 1 heterocycles. The normalized spacial score (nSPS) is 10.1. The van der Waals surface area contributed by atoms with E-state index in [4.69, 9.17) is 0 Å². The predicted molar refractivity (Wildman–Crippen MR) is 90.9 cm³/mol. The lowest BCUT2D eigenvalue weighted by Gasteiger charge is -2.07. The van der Waals surface area contributed by atoms with Gasteiger partial charge in [0.2, 0.25) is 0 Å². The zero-order valence-corrected chi connectivity index (χ0v) is 12.7. The molecular weight excluding hydrogens is 288 g/mol. The first-order valence-electron chi connectivity index (χ1n) is 7.24. The van der Waals surface area contributed by atoms with Gasteiger partial charge in [-0.05, 0) is 43.3 Å². The molecule has 0 aliphatic carbocycles. The van der Waals surface area contributed by atoms with Gasteiger partial charge in [0, 0.05) is 11.3 Å². The lowest BCUT2D eigenvalue weighted by Crippen LogP contribution is -2.13. The highest BCUT2D eigenvalue weighted by Gasteiger charge is 2.07. The first-order chi connectivity index (χ1) is 11.2. The Morgan fingerprint density at radius 3 is 2.30 bits per heavy atom. The molecule has 23 heavy (non-hydrogen) atoms. The summed E-state index contributed by atoms with van der Waals surface area (Å²) in [4.78, 5) is 12.1. The van der Waals surface area contributed by atoms with Gasteiger partial charge in [0.05, 0.1) is 0 Å². The van der Waals surface area contributed by atoms with E-state index in [1.807, 2.05) is 55.5 Å². The molecule has 3 aromatic rings. The molecule has 0 bridgehead atoms. The average molecular weight is 304 g/mol. The zero-order valence-electron chi connectivity index (χ0n) is 12.7. The Hall–Kier alpha value is -3.21. The maximum Gasteiger partial charge on any atom is 0.256 e. The Morgan fingerprint density at radius 2 is 1.61 bits per heavy atom. The van der Waals surface area contributed by atoms with Crippen LogP contribution in [-0.2, 0) is 0 Å². The van der Waals surface area contributed by atoms with Crippen molar-refractivity contribution < 1.29 is 4.79 Å². The number of para-hydroxylation sites is 1. The monoisotopic (exact) mass is 304 g/mol. The molecule has 5 heteroatoms. The summed E-state index contributed by atoms with van der Waals surface area (Å²) in [5.74, 6) is 0.826. The standard InChI is InChI=1S/C18H16N4O/c1-13-6-5-7-14(12-13)18(23)20-17-11-10-16(21-22-17)19-15-8-3-2-4-9-15/h2-12H,1H3,(H,19,21)(H,20,22,23). The largest absolute Gasteiger partial charge is 0.339 e. The molecule has 0 unspecified atom stereocenters. The molecule has 0 radical (unpaired) electrons. The Morgan fingerprint density at radius 1 is 0.870 bits per heavy atom. The summed E-state index contributed by atoms with van der Waals surface area (Å²) in [6, 6.07) is 20.6. The molecular formula is C18H16N4O. The Balaban J connectivity index is 1.67. The van der Waals surface area contributed by atoms with Crippen LogP contribution in [0.4, 0.5) is 17.3 Å². The second-order valence-corrected chi connectivity index (χ2v) is 5.12. The van der Waals surface area contributed by atoms with Gasteiger partial charge in [-0.2, -0.15) is 0 Å². The lowest BCUT2D eigenvalue weighted by atomic mass is 10.1. The molecule has 1 amide bonds. The van der Waals surface area contributed by atoms with E-state index in [0.717, 1.165) is 11.3 Å². The fraction of sp³-hybridized carbons (Fsp3) is 0.0556. The summed E-state index contributed by atoms with van der Waals surface area (Å²) in [7, 11) is 0. The predicted octanol–water partition coefficient (Wildman–Crippen LogP) is 3.78. The van der Waals surface area contributed by atoms with Crippen LogP contribution in [0.1, 0.15) is 15.9 Å². The molecule has 1 aromatic heterocycles. The molecule has 5 nitrogen and oxygen atoms in total. The maximum atomic E-state index is 12.1. The van der Waals surface area contributed by atoms with Crippen molar-refractivity contribution in [1.29, 1.82) is 0 Å². The summed E-state index contributed by atoms with van der Waals surface area (Å²) < 4.78 is 0. The van der Waals surface area contributed by atoms with E-state index < -0.39 is 0 Å². The third-order valence-corrected chi connectivity index (χ3v) is 3.23. The summed E-state index contributed by atoms with van der Waals surface area (Å²) in [6.45, 7) is 1.95. The molecule has 3 rings (SSSR count). The first-order valence-corrected chi connectivity index (χ1v) is 7.24. The highest BCUT2D eigenvalue weighted by molar-refractivity contribution is 6.03. The minimum atomic E-state index is -0.202. The molecule has 0 aliphatic heterocycles. The van der Waals surface area contributed by atoms with Gasteiger partial charge in [0.1, 0.15) is 0 Å². The Bertz CT molecular complexity index is 801. The van der Waals surface area contributed by atoms with E-state index in [2.05, 4.69) is 20.8 Å². The van der Waals surface area contributed by atoms with Crippen molar-refractivity contribution in [2.45, 2.75) is 6.92 Å². The van der Waals surface area contributed by atoms with E-state index in [1.165, 1.54) is 0 Å². The number of hydrogen-bond donors (Lipinski definition) is 2. The second kappa shape index (κ2) is 6.70. The number of nitrogens with zero attached hydrogens (tertiary/aromatic N) is 2. The second-order valence-electron chi connectivity index (χ2n) is 5.12. The number of aryl methyl sites for hydroxylation is 1. The van der Waals surface area contributed by atoms with Gasteiger partial charge in [-0.25, -0.2) is 0 Å². The fourth-order valence-electron chi connectivity index (χ4n) is 2.11. The molecule has 0 spiro atoms. The minimum Gasteiger partial charge on any atom is -0.339 e. The van der Waals surface area contributed by atoms with Crippen LogP contribution in [0, 0.1) is 6.92 Å². The number of benzene rings is 2. The molecule has 2 aromatic carbocycles. The summed E-state index contributed by atoms with van der Waals surface area (Å²) in [5.41, 5.74) is 2.56. The number of rotatable bonds is 4. The van der Waals surface area contributed by atoms with Crippen LogP contribution < -0.4 is 10.6 Å². The highest BCUT2D eigenvalue weighted by atomic mass is 16.1. The number of nitrogens with one attached hydrogen (secondary N) is 2. The maximum absolute atomic E-state index is 12.1. The molecule has 0 atom stereocenters. The van der Waals surface area contributed by atoms with E-state index in [9.17, 15) is 4.79 Å². The van der Waals surface area contributed by atoms with Crippen LogP contribution in [0.25, 0.3) is 0 Å². The van der Waals surface area contributed by atoms with Gasteiger partial charge in [0.15, 0.2) is 11.6 Å². The molecule has 0 fully saturated rings. The van der Waals surface area contributed by atoms with E-state index in [0.29, 0.717) is 17.2 Å². The third-order valence-electron chi connectivity index (χ3n) is 3.23. The molecule has 114 valence electrons. The summed E-state index contributed by atoms with van der Waals surface area (Å²) >= 11 is 0. The van der Waals surface area contributed by atoms with E-state index in [1.54, 1.807) is 18.2 Å². The minimum absolute atomic E-state index is 0.202. The molecule has 2 N–H and O–H groups in total. The van der Waals surface area contributed by atoms with Gasteiger partial charge >= 0.3 is 0 Å². The van der Waals surface area contributed by atoms with Gasteiger partial charge in [-0.3, -0.25) is 4.79 Å². The van der Waals surface area contributed by atoms with Gasteiger partial charge in [-0.15, -0.1) is 10.2 Å². The van der Waals surface area contributed by atoms with Crippen molar-refractivity contribution in [2.75, 3.05) is 10.6 Å². The number of amides is 1. The lowest BCUT2D eigenvalue weighted by molar-refractivity contribution is 0.102. The zero-order chi connectivity index (χ0) is 16.1. The molecule has 0 saturated heterocycles. The van der Waals surface area contributed by atoms with Crippen LogP contribution in [0.3, 0.4) is 0 Å². The topological polar surface area (TPSA) is 66.9 Å². The highest BCUT2D eigenvalue weighted by Crippen LogP contribution is 2.14. The van der Waals surface area contributed by atoms with Gasteiger partial charge in [-0.1, -0.05) is 35.9 Å². The fourth-order valence-corrected chi connectivity index (χ4v) is 2.11. The van der Waals surface area contributed by atoms with E-state index in [-0.39, 0.29) is 5.91 Å². The van der Waals surface area contributed by atoms with E-state index >= 15 is 0 Å². The Kier molecular flexibility index (Phi) is 4.29. The van der Waals surface area contributed by atoms with Crippen LogP contribution in [0.5, 0.6) is 0 Å². The van der Waals surface area contributed by atoms with Crippen molar-refractivity contribution >= 4 is 23.2 Å². The first kappa shape index (κ1) is 14.7. The van der Waals surface area contributed by atoms with Gasteiger partial charge in [0.25, 0.3) is 5.91 Å². The summed E-state index contributed by atoms with van der Waals surface area (Å²) in [6.07, 6.45) is 0.